The first-order valence-corrected chi connectivity index (χ1v) is 12.6. The monoisotopic (exact) mass is 495 g/mol. The molecule has 5 rings (SSSR count). The predicted molar refractivity (Wildman–Crippen MR) is 138 cm³/mol. The van der Waals surface area contributed by atoms with Gasteiger partial charge in [-0.05, 0) is 92.2 Å². The number of nitrogens with zero attached hydrogens (tertiary/aromatic N) is 1. The average molecular weight is 496 g/mol. The van der Waals surface area contributed by atoms with Crippen LogP contribution in [-0.4, -0.2) is 41.4 Å². The van der Waals surface area contributed by atoms with Crippen LogP contribution in [0, 0.1) is 0 Å². The van der Waals surface area contributed by atoms with Crippen LogP contribution in [0.2, 0.25) is 5.02 Å². The summed E-state index contributed by atoms with van der Waals surface area (Å²) in [6.07, 6.45) is 3.89. The molecule has 0 unspecified atom stereocenters. The number of fused-ring (bicyclic) bond motifs is 1. The van der Waals surface area contributed by atoms with Crippen molar-refractivity contribution in [3.8, 4) is 39.2 Å². The summed E-state index contributed by atoms with van der Waals surface area (Å²) < 4.78 is 13.2. The third-order valence-electron chi connectivity index (χ3n) is 6.01. The van der Waals surface area contributed by atoms with E-state index in [1.54, 1.807) is 30.3 Å². The zero-order chi connectivity index (χ0) is 23.5. The molecule has 0 atom stereocenters. The number of ether oxygens (including phenoxy) is 2. The molecule has 1 aromatic heterocycles. The first kappa shape index (κ1) is 22.8. The van der Waals surface area contributed by atoms with Crippen LogP contribution in [-0.2, 0) is 0 Å². The Morgan fingerprint density at radius 2 is 1.65 bits per heavy atom. The quantitative estimate of drug-likeness (QED) is 0.282. The molecule has 5 nitrogen and oxygen atoms in total. The van der Waals surface area contributed by atoms with E-state index in [0.717, 1.165) is 45.9 Å². The van der Waals surface area contributed by atoms with Gasteiger partial charge in [0.2, 0.25) is 0 Å². The summed E-state index contributed by atoms with van der Waals surface area (Å²) in [4.78, 5) is 3.32. The smallest absolute Gasteiger partial charge is 0.153 e. The molecule has 1 aliphatic heterocycles. The maximum Gasteiger partial charge on any atom is 0.153 e. The van der Waals surface area contributed by atoms with Crippen LogP contribution >= 0.6 is 22.9 Å². The fraction of sp³-hybridized carbons (Fsp3) is 0.259. The average Bonchev–Trinajstić information content (AvgIpc) is 3.20. The number of rotatable bonds is 7. The van der Waals surface area contributed by atoms with Gasteiger partial charge in [0.25, 0.3) is 0 Å². The number of hydrogen-bond acceptors (Lipinski definition) is 6. The SMILES string of the molecule is Oc1ccc2c(Oc3ccc(OCCN4CCCCC4)cc3)c(-c3ccc(O)c(Cl)c3)sc2c1. The minimum Gasteiger partial charge on any atom is -0.508 e. The summed E-state index contributed by atoms with van der Waals surface area (Å²) in [6.45, 7) is 3.95. The minimum atomic E-state index is 0.0301. The highest BCUT2D eigenvalue weighted by atomic mass is 35.5. The second kappa shape index (κ2) is 10.1. The molecule has 176 valence electrons. The Balaban J connectivity index is 1.36. The zero-order valence-electron chi connectivity index (χ0n) is 18.7. The number of aromatic hydroxyl groups is 2. The van der Waals surface area contributed by atoms with E-state index >= 15 is 0 Å². The summed E-state index contributed by atoms with van der Waals surface area (Å²) in [5.41, 5.74) is 0.830. The first-order chi connectivity index (χ1) is 16.6. The highest BCUT2D eigenvalue weighted by Gasteiger charge is 2.18. The summed E-state index contributed by atoms with van der Waals surface area (Å²) in [6, 6.07) is 17.9. The maximum absolute atomic E-state index is 9.95. The molecule has 1 saturated heterocycles. The number of halogens is 1. The molecule has 0 bridgehead atoms. The summed E-state index contributed by atoms with van der Waals surface area (Å²) >= 11 is 7.66. The molecular weight excluding hydrogens is 470 g/mol. The Bertz CT molecular complexity index is 1280. The van der Waals surface area contributed by atoms with E-state index in [9.17, 15) is 10.2 Å². The Morgan fingerprint density at radius 3 is 2.41 bits per heavy atom. The van der Waals surface area contributed by atoms with E-state index in [1.807, 2.05) is 30.3 Å². The lowest BCUT2D eigenvalue weighted by molar-refractivity contribution is 0.183. The van der Waals surface area contributed by atoms with Gasteiger partial charge in [-0.15, -0.1) is 11.3 Å². The van der Waals surface area contributed by atoms with Crippen LogP contribution in [0.3, 0.4) is 0 Å². The van der Waals surface area contributed by atoms with E-state index in [-0.39, 0.29) is 16.5 Å². The Labute approximate surface area is 207 Å². The standard InChI is InChI=1S/C27H26ClNO4S/c28-23-16-18(4-11-24(23)31)27-26(22-10-5-19(30)17-25(22)34-27)33-21-8-6-20(7-9-21)32-15-14-29-12-2-1-3-13-29/h4-11,16-17,30-31H,1-3,12-15H2. The number of piperidine rings is 1. The Morgan fingerprint density at radius 1 is 0.882 bits per heavy atom. The molecule has 0 spiro atoms. The summed E-state index contributed by atoms with van der Waals surface area (Å²) in [5.74, 6) is 2.40. The Kier molecular flexibility index (Phi) is 6.81. The number of likely N-dealkylation sites (tertiary alicyclic amines) is 1. The van der Waals surface area contributed by atoms with E-state index < -0.39 is 0 Å². The van der Waals surface area contributed by atoms with Crippen molar-refractivity contribution >= 4 is 33.0 Å². The predicted octanol–water partition coefficient (Wildman–Crippen LogP) is 7.29. The van der Waals surface area contributed by atoms with E-state index in [0.29, 0.717) is 18.1 Å². The second-order valence-corrected chi connectivity index (χ2v) is 9.89. The van der Waals surface area contributed by atoms with Crippen LogP contribution in [0.15, 0.2) is 60.7 Å². The van der Waals surface area contributed by atoms with Gasteiger partial charge in [0, 0.05) is 16.6 Å². The molecule has 0 aliphatic carbocycles. The molecule has 0 amide bonds. The van der Waals surface area contributed by atoms with Crippen molar-refractivity contribution in [1.82, 2.24) is 4.90 Å². The van der Waals surface area contributed by atoms with Crippen molar-refractivity contribution in [1.29, 1.82) is 0 Å². The first-order valence-electron chi connectivity index (χ1n) is 11.4. The second-order valence-electron chi connectivity index (χ2n) is 8.43. The molecule has 0 saturated carbocycles. The fourth-order valence-electron chi connectivity index (χ4n) is 4.20. The molecule has 7 heteroatoms. The van der Waals surface area contributed by atoms with E-state index in [4.69, 9.17) is 21.1 Å². The molecule has 2 N–H and O–H groups in total. The van der Waals surface area contributed by atoms with Crippen molar-refractivity contribution in [2.24, 2.45) is 0 Å². The third kappa shape index (κ3) is 5.09. The zero-order valence-corrected chi connectivity index (χ0v) is 20.2. The van der Waals surface area contributed by atoms with Gasteiger partial charge >= 0.3 is 0 Å². The topological polar surface area (TPSA) is 62.2 Å². The van der Waals surface area contributed by atoms with Crippen LogP contribution in [0.1, 0.15) is 19.3 Å². The number of thiophene rings is 1. The molecular formula is C27H26ClNO4S. The normalized spacial score (nSPS) is 14.4. The molecule has 3 aromatic carbocycles. The van der Waals surface area contributed by atoms with Crippen molar-refractivity contribution in [3.63, 3.8) is 0 Å². The van der Waals surface area contributed by atoms with Gasteiger partial charge in [-0.25, -0.2) is 0 Å². The molecule has 1 aliphatic rings. The highest BCUT2D eigenvalue weighted by Crippen LogP contribution is 2.48. The van der Waals surface area contributed by atoms with Gasteiger partial charge in [0.1, 0.15) is 29.6 Å². The van der Waals surface area contributed by atoms with Gasteiger partial charge in [-0.2, -0.15) is 0 Å². The molecule has 0 radical (unpaired) electrons. The summed E-state index contributed by atoms with van der Waals surface area (Å²) in [7, 11) is 0. The fourth-order valence-corrected chi connectivity index (χ4v) is 5.54. The lowest BCUT2D eigenvalue weighted by Gasteiger charge is -2.26. The maximum atomic E-state index is 9.95. The van der Waals surface area contributed by atoms with Gasteiger partial charge in [0.05, 0.1) is 9.90 Å². The van der Waals surface area contributed by atoms with E-state index in [2.05, 4.69) is 4.90 Å². The number of benzene rings is 3. The largest absolute Gasteiger partial charge is 0.508 e. The number of phenols is 2. The van der Waals surface area contributed by atoms with Gasteiger partial charge in [-0.1, -0.05) is 18.0 Å². The van der Waals surface area contributed by atoms with Crippen LogP contribution in [0.5, 0.6) is 28.7 Å². The van der Waals surface area contributed by atoms with Crippen LogP contribution in [0.25, 0.3) is 20.5 Å². The minimum absolute atomic E-state index is 0.0301. The van der Waals surface area contributed by atoms with E-state index in [1.165, 1.54) is 30.6 Å². The third-order valence-corrected chi connectivity index (χ3v) is 7.49. The molecule has 1 fully saturated rings. The van der Waals surface area contributed by atoms with Crippen molar-refractivity contribution < 1.29 is 19.7 Å². The lowest BCUT2D eigenvalue weighted by atomic mass is 10.1. The number of hydrogen-bond donors (Lipinski definition) is 2. The van der Waals surface area contributed by atoms with Crippen molar-refractivity contribution in [3.05, 3.63) is 65.7 Å². The molecule has 4 aromatic rings. The van der Waals surface area contributed by atoms with Crippen molar-refractivity contribution in [2.75, 3.05) is 26.2 Å². The lowest BCUT2D eigenvalue weighted by Crippen LogP contribution is -2.33. The van der Waals surface area contributed by atoms with Crippen LogP contribution < -0.4 is 9.47 Å². The molecule has 2 heterocycles. The number of phenolic OH excluding ortho intramolecular Hbond substituents is 2. The van der Waals surface area contributed by atoms with Gasteiger partial charge in [0.15, 0.2) is 5.75 Å². The van der Waals surface area contributed by atoms with Crippen LogP contribution in [0.4, 0.5) is 0 Å². The Hall–Kier alpha value is -2.93. The van der Waals surface area contributed by atoms with Gasteiger partial charge < -0.3 is 19.7 Å². The van der Waals surface area contributed by atoms with Gasteiger partial charge in [-0.3, -0.25) is 4.90 Å². The highest BCUT2D eigenvalue weighted by molar-refractivity contribution is 7.22. The van der Waals surface area contributed by atoms with Crippen molar-refractivity contribution in [2.45, 2.75) is 19.3 Å². The summed E-state index contributed by atoms with van der Waals surface area (Å²) in [5, 5.41) is 20.9. The molecule has 34 heavy (non-hydrogen) atoms.